The van der Waals surface area contributed by atoms with E-state index in [0.29, 0.717) is 0 Å². The van der Waals surface area contributed by atoms with E-state index in [1.807, 2.05) is 0 Å². The highest BCUT2D eigenvalue weighted by atomic mass is 15.3. The quantitative estimate of drug-likeness (QED) is 0.787. The molecule has 1 saturated carbocycles. The number of nitrogens with one attached hydrogen (secondary N) is 1. The van der Waals surface area contributed by atoms with Crippen molar-refractivity contribution in [2.75, 3.05) is 6.54 Å². The Labute approximate surface area is 127 Å². The van der Waals surface area contributed by atoms with Crippen molar-refractivity contribution in [2.24, 2.45) is 0 Å². The molecule has 1 aliphatic rings. The van der Waals surface area contributed by atoms with Gasteiger partial charge in [0.1, 0.15) is 0 Å². The maximum Gasteiger partial charge on any atom is 0.0665 e. The Bertz CT molecular complexity index is 596. The van der Waals surface area contributed by atoms with Crippen LogP contribution in [-0.2, 0) is 13.1 Å². The van der Waals surface area contributed by atoms with Crippen LogP contribution in [0.1, 0.15) is 54.5 Å². The highest BCUT2D eigenvalue weighted by molar-refractivity contribution is 5.29. The Hall–Kier alpha value is -1.61. The first-order valence-electron chi connectivity index (χ1n) is 8.09. The van der Waals surface area contributed by atoms with E-state index in [2.05, 4.69) is 59.4 Å². The molecule has 1 aliphatic carbocycles. The Morgan fingerprint density at radius 1 is 1.24 bits per heavy atom. The maximum absolute atomic E-state index is 4.67. The van der Waals surface area contributed by atoms with E-state index in [4.69, 9.17) is 0 Å². The van der Waals surface area contributed by atoms with Crippen molar-refractivity contribution in [1.29, 1.82) is 0 Å². The predicted molar refractivity (Wildman–Crippen MR) is 86.5 cm³/mol. The molecular weight excluding hydrogens is 258 g/mol. The third-order valence-electron chi connectivity index (χ3n) is 4.25. The molecule has 1 aromatic carbocycles. The number of aromatic nitrogens is 2. The van der Waals surface area contributed by atoms with Gasteiger partial charge in [-0.1, -0.05) is 31.2 Å². The standard InChI is InChI=1S/C18H25N3/c1-3-10-19-11-17-12-20-21(18(17)15-8-9-15)13-16-7-5-4-6-14(16)2/h4-7,12,15,19H,3,8-11,13H2,1-2H3. The second-order valence-electron chi connectivity index (χ2n) is 6.09. The van der Waals surface area contributed by atoms with E-state index < -0.39 is 0 Å². The van der Waals surface area contributed by atoms with Crippen LogP contribution in [0.3, 0.4) is 0 Å². The summed E-state index contributed by atoms with van der Waals surface area (Å²) >= 11 is 0. The third kappa shape index (κ3) is 3.35. The minimum Gasteiger partial charge on any atom is -0.313 e. The van der Waals surface area contributed by atoms with Crippen molar-refractivity contribution in [1.82, 2.24) is 15.1 Å². The summed E-state index contributed by atoms with van der Waals surface area (Å²) in [4.78, 5) is 0. The molecule has 2 aromatic rings. The first-order valence-corrected chi connectivity index (χ1v) is 8.09. The van der Waals surface area contributed by atoms with Gasteiger partial charge in [0, 0.05) is 23.7 Å². The van der Waals surface area contributed by atoms with Crippen molar-refractivity contribution in [3.63, 3.8) is 0 Å². The van der Waals surface area contributed by atoms with Crippen LogP contribution in [0.2, 0.25) is 0 Å². The lowest BCUT2D eigenvalue weighted by molar-refractivity contribution is 0.632. The van der Waals surface area contributed by atoms with Gasteiger partial charge in [0.2, 0.25) is 0 Å². The molecule has 0 unspecified atom stereocenters. The summed E-state index contributed by atoms with van der Waals surface area (Å²) in [7, 11) is 0. The van der Waals surface area contributed by atoms with Gasteiger partial charge >= 0.3 is 0 Å². The van der Waals surface area contributed by atoms with Crippen LogP contribution in [-0.4, -0.2) is 16.3 Å². The Morgan fingerprint density at radius 2 is 2.05 bits per heavy atom. The fourth-order valence-electron chi connectivity index (χ4n) is 2.87. The minimum absolute atomic E-state index is 0.731. The molecule has 1 fully saturated rings. The molecule has 0 spiro atoms. The highest BCUT2D eigenvalue weighted by Crippen LogP contribution is 2.41. The second-order valence-corrected chi connectivity index (χ2v) is 6.09. The van der Waals surface area contributed by atoms with Gasteiger partial charge in [-0.15, -0.1) is 0 Å². The lowest BCUT2D eigenvalue weighted by Crippen LogP contribution is -2.15. The molecule has 0 aliphatic heterocycles. The van der Waals surface area contributed by atoms with Crippen LogP contribution < -0.4 is 5.32 Å². The van der Waals surface area contributed by atoms with Crippen LogP contribution in [0.5, 0.6) is 0 Å². The van der Waals surface area contributed by atoms with Crippen molar-refractivity contribution >= 4 is 0 Å². The van der Waals surface area contributed by atoms with Crippen molar-refractivity contribution in [3.05, 3.63) is 52.8 Å². The third-order valence-corrected chi connectivity index (χ3v) is 4.25. The molecule has 3 nitrogen and oxygen atoms in total. The van der Waals surface area contributed by atoms with Crippen LogP contribution in [0.15, 0.2) is 30.5 Å². The molecule has 3 rings (SSSR count). The van der Waals surface area contributed by atoms with Gasteiger partial charge in [-0.05, 0) is 43.9 Å². The molecule has 1 N–H and O–H groups in total. The Kier molecular flexibility index (Phi) is 4.39. The minimum atomic E-state index is 0.731. The average molecular weight is 283 g/mol. The summed E-state index contributed by atoms with van der Waals surface area (Å²) < 4.78 is 2.23. The van der Waals surface area contributed by atoms with E-state index >= 15 is 0 Å². The number of benzene rings is 1. The summed E-state index contributed by atoms with van der Waals surface area (Å²) in [5.41, 5.74) is 5.57. The summed E-state index contributed by atoms with van der Waals surface area (Å²) in [6.45, 7) is 7.31. The van der Waals surface area contributed by atoms with Crippen LogP contribution in [0.25, 0.3) is 0 Å². The summed E-state index contributed by atoms with van der Waals surface area (Å²) in [5, 5.41) is 8.18. The summed E-state index contributed by atoms with van der Waals surface area (Å²) in [6.07, 6.45) is 5.88. The molecule has 1 heterocycles. The molecule has 112 valence electrons. The van der Waals surface area contributed by atoms with E-state index in [9.17, 15) is 0 Å². The number of nitrogens with zero attached hydrogens (tertiary/aromatic N) is 2. The van der Waals surface area contributed by atoms with E-state index in [1.165, 1.54) is 41.6 Å². The fraction of sp³-hybridized carbons (Fsp3) is 0.500. The largest absolute Gasteiger partial charge is 0.313 e. The van der Waals surface area contributed by atoms with E-state index in [0.717, 1.165) is 25.6 Å². The van der Waals surface area contributed by atoms with Crippen LogP contribution >= 0.6 is 0 Å². The summed E-state index contributed by atoms with van der Waals surface area (Å²) in [5.74, 6) is 0.731. The lowest BCUT2D eigenvalue weighted by atomic mass is 10.1. The molecule has 0 bridgehead atoms. The molecule has 21 heavy (non-hydrogen) atoms. The molecule has 3 heteroatoms. The number of rotatable bonds is 7. The van der Waals surface area contributed by atoms with Crippen molar-refractivity contribution in [2.45, 2.75) is 52.1 Å². The maximum atomic E-state index is 4.67. The number of hydrogen-bond donors (Lipinski definition) is 1. The fourth-order valence-corrected chi connectivity index (χ4v) is 2.87. The smallest absolute Gasteiger partial charge is 0.0665 e. The molecule has 0 atom stereocenters. The number of aryl methyl sites for hydroxylation is 1. The van der Waals surface area contributed by atoms with Gasteiger partial charge in [0.25, 0.3) is 0 Å². The monoisotopic (exact) mass is 283 g/mol. The van der Waals surface area contributed by atoms with Gasteiger partial charge in [-0.3, -0.25) is 4.68 Å². The van der Waals surface area contributed by atoms with Crippen molar-refractivity contribution < 1.29 is 0 Å². The first-order chi connectivity index (χ1) is 10.3. The van der Waals surface area contributed by atoms with Gasteiger partial charge in [0.15, 0.2) is 0 Å². The van der Waals surface area contributed by atoms with Gasteiger partial charge < -0.3 is 5.32 Å². The molecule has 0 saturated heterocycles. The van der Waals surface area contributed by atoms with Gasteiger partial charge in [0.05, 0.1) is 12.7 Å². The number of hydrogen-bond acceptors (Lipinski definition) is 2. The van der Waals surface area contributed by atoms with E-state index in [1.54, 1.807) is 0 Å². The molecule has 1 aromatic heterocycles. The zero-order valence-electron chi connectivity index (χ0n) is 13.1. The second kappa shape index (κ2) is 6.44. The first kappa shape index (κ1) is 14.3. The lowest BCUT2D eigenvalue weighted by Gasteiger charge is -2.11. The topological polar surface area (TPSA) is 29.9 Å². The zero-order valence-corrected chi connectivity index (χ0v) is 13.1. The molecular formula is C18H25N3. The Morgan fingerprint density at radius 3 is 2.76 bits per heavy atom. The summed E-state index contributed by atoms with van der Waals surface area (Å²) in [6, 6.07) is 8.61. The SMILES string of the molecule is CCCNCc1cnn(Cc2ccccc2C)c1C1CC1. The molecule has 0 radical (unpaired) electrons. The average Bonchev–Trinajstić information content (AvgIpc) is 3.25. The van der Waals surface area contributed by atoms with Gasteiger partial charge in [-0.2, -0.15) is 5.10 Å². The normalized spacial score (nSPS) is 14.6. The zero-order chi connectivity index (χ0) is 14.7. The highest BCUT2D eigenvalue weighted by Gasteiger charge is 2.30. The van der Waals surface area contributed by atoms with Crippen molar-refractivity contribution in [3.8, 4) is 0 Å². The Balaban J connectivity index is 1.80. The van der Waals surface area contributed by atoms with E-state index in [-0.39, 0.29) is 0 Å². The predicted octanol–water partition coefficient (Wildman–Crippen LogP) is 3.62. The van der Waals surface area contributed by atoms with Crippen LogP contribution in [0.4, 0.5) is 0 Å². The van der Waals surface area contributed by atoms with Crippen LogP contribution in [0, 0.1) is 6.92 Å². The molecule has 0 amide bonds. The van der Waals surface area contributed by atoms with Gasteiger partial charge in [-0.25, -0.2) is 0 Å².